The number of hydrogen-bond donors (Lipinski definition) is 1. The van der Waals surface area contributed by atoms with Crippen LogP contribution in [0.15, 0.2) is 30.7 Å². The van der Waals surface area contributed by atoms with Crippen molar-refractivity contribution in [1.29, 1.82) is 0 Å². The number of nitrogens with one attached hydrogen (secondary N) is 1. The molecule has 1 unspecified atom stereocenters. The molecule has 0 spiro atoms. The Morgan fingerprint density at radius 1 is 1.26 bits per heavy atom. The second-order valence-electron chi connectivity index (χ2n) is 4.70. The van der Waals surface area contributed by atoms with Crippen LogP contribution in [0, 0.1) is 6.92 Å². The molecule has 19 heavy (non-hydrogen) atoms. The maximum Gasteiger partial charge on any atom is 0.130 e. The third-order valence-corrected chi connectivity index (χ3v) is 3.15. The Morgan fingerprint density at radius 3 is 2.74 bits per heavy atom. The number of aromatic nitrogens is 3. The number of pyridine rings is 1. The fourth-order valence-electron chi connectivity index (χ4n) is 2.22. The molecule has 0 aliphatic rings. The maximum atomic E-state index is 4.53. The van der Waals surface area contributed by atoms with Gasteiger partial charge in [0.25, 0.3) is 0 Å². The van der Waals surface area contributed by atoms with Gasteiger partial charge in [0.2, 0.25) is 0 Å². The van der Waals surface area contributed by atoms with Crippen molar-refractivity contribution < 1.29 is 0 Å². The predicted octanol–water partition coefficient (Wildman–Crippen LogP) is 2.70. The zero-order chi connectivity index (χ0) is 13.7. The highest BCUT2D eigenvalue weighted by molar-refractivity contribution is 5.24. The molecule has 1 atom stereocenters. The Kier molecular flexibility index (Phi) is 4.68. The zero-order valence-corrected chi connectivity index (χ0v) is 11.9. The van der Waals surface area contributed by atoms with E-state index in [1.165, 1.54) is 0 Å². The average molecular weight is 258 g/mol. The summed E-state index contributed by atoms with van der Waals surface area (Å²) in [6, 6.07) is 4.28. The summed E-state index contributed by atoms with van der Waals surface area (Å²) in [6.45, 7) is 8.19. The molecule has 0 aliphatic heterocycles. The first-order valence-electron chi connectivity index (χ1n) is 6.93. The molecule has 0 amide bonds. The van der Waals surface area contributed by atoms with Gasteiger partial charge in [-0.1, -0.05) is 19.9 Å². The molecule has 102 valence electrons. The van der Waals surface area contributed by atoms with Crippen LogP contribution in [0.1, 0.15) is 43.4 Å². The summed E-state index contributed by atoms with van der Waals surface area (Å²) in [5, 5.41) is 3.50. The second kappa shape index (κ2) is 6.48. The Labute approximate surface area is 114 Å². The van der Waals surface area contributed by atoms with Gasteiger partial charge in [0.05, 0.1) is 6.04 Å². The van der Waals surface area contributed by atoms with Crippen LogP contribution in [-0.4, -0.2) is 21.1 Å². The number of nitrogens with zero attached hydrogens (tertiary/aromatic N) is 3. The summed E-state index contributed by atoms with van der Waals surface area (Å²) in [5.74, 6) is 1.06. The smallest absolute Gasteiger partial charge is 0.130 e. The molecule has 2 rings (SSSR count). The van der Waals surface area contributed by atoms with Gasteiger partial charge in [0.15, 0.2) is 0 Å². The van der Waals surface area contributed by atoms with Gasteiger partial charge in [0, 0.05) is 30.8 Å². The maximum absolute atomic E-state index is 4.53. The third kappa shape index (κ3) is 3.20. The molecule has 0 saturated carbocycles. The van der Waals surface area contributed by atoms with Crippen molar-refractivity contribution in [2.45, 2.75) is 39.8 Å². The van der Waals surface area contributed by atoms with E-state index in [1.807, 2.05) is 31.6 Å². The van der Waals surface area contributed by atoms with Crippen molar-refractivity contribution in [1.82, 2.24) is 19.9 Å². The van der Waals surface area contributed by atoms with Gasteiger partial charge in [-0.25, -0.2) is 4.98 Å². The predicted molar refractivity (Wildman–Crippen MR) is 77.0 cm³/mol. The molecule has 0 radical (unpaired) electrons. The molecule has 0 fully saturated rings. The monoisotopic (exact) mass is 258 g/mol. The van der Waals surface area contributed by atoms with E-state index in [4.69, 9.17) is 0 Å². The van der Waals surface area contributed by atoms with E-state index in [1.54, 1.807) is 0 Å². The molecular formula is C15H22N4. The van der Waals surface area contributed by atoms with Crippen LogP contribution in [0.2, 0.25) is 0 Å². The van der Waals surface area contributed by atoms with Crippen molar-refractivity contribution in [3.63, 3.8) is 0 Å². The van der Waals surface area contributed by atoms with E-state index in [2.05, 4.69) is 39.8 Å². The molecule has 0 aliphatic carbocycles. The first kappa shape index (κ1) is 13.7. The Balaban J connectivity index is 2.33. The lowest BCUT2D eigenvalue weighted by atomic mass is 10.1. The first-order chi connectivity index (χ1) is 9.26. The summed E-state index contributed by atoms with van der Waals surface area (Å²) in [5.41, 5.74) is 2.20. The van der Waals surface area contributed by atoms with Crippen molar-refractivity contribution in [2.24, 2.45) is 0 Å². The van der Waals surface area contributed by atoms with Crippen LogP contribution >= 0.6 is 0 Å². The van der Waals surface area contributed by atoms with Gasteiger partial charge in [0.1, 0.15) is 5.82 Å². The van der Waals surface area contributed by atoms with Crippen LogP contribution in [0.25, 0.3) is 0 Å². The Bertz CT molecular complexity index is 501. The largest absolute Gasteiger partial charge is 0.333 e. The van der Waals surface area contributed by atoms with E-state index >= 15 is 0 Å². The molecule has 4 heteroatoms. The Morgan fingerprint density at radius 2 is 2.11 bits per heavy atom. The van der Waals surface area contributed by atoms with Crippen molar-refractivity contribution in [2.75, 3.05) is 6.54 Å². The summed E-state index contributed by atoms with van der Waals surface area (Å²) in [7, 11) is 0. The number of hydrogen-bond acceptors (Lipinski definition) is 3. The van der Waals surface area contributed by atoms with Crippen LogP contribution in [0.4, 0.5) is 0 Å². The standard InChI is InChI=1S/C15H22N4/c1-4-9-19-10-8-17-15(19)14(16-5-2)13-7-6-12(3)18-11-13/h6-8,10-11,14,16H,4-5,9H2,1-3H3. The van der Waals surface area contributed by atoms with Gasteiger partial charge in [-0.2, -0.15) is 0 Å². The topological polar surface area (TPSA) is 42.7 Å². The lowest BCUT2D eigenvalue weighted by Gasteiger charge is -2.19. The van der Waals surface area contributed by atoms with E-state index in [9.17, 15) is 0 Å². The minimum Gasteiger partial charge on any atom is -0.333 e. The summed E-state index contributed by atoms with van der Waals surface area (Å²) in [6.07, 6.45) is 6.96. The normalized spacial score (nSPS) is 12.6. The van der Waals surface area contributed by atoms with Crippen LogP contribution in [0.5, 0.6) is 0 Å². The van der Waals surface area contributed by atoms with Gasteiger partial charge in [-0.05, 0) is 31.5 Å². The highest BCUT2D eigenvalue weighted by atomic mass is 15.1. The summed E-state index contributed by atoms with van der Waals surface area (Å²) >= 11 is 0. The minimum absolute atomic E-state index is 0.111. The Hall–Kier alpha value is -1.68. The second-order valence-corrected chi connectivity index (χ2v) is 4.70. The highest BCUT2D eigenvalue weighted by Crippen LogP contribution is 2.20. The van der Waals surface area contributed by atoms with Crippen molar-refractivity contribution >= 4 is 0 Å². The van der Waals surface area contributed by atoms with E-state index in [0.717, 1.165) is 36.6 Å². The van der Waals surface area contributed by atoms with Gasteiger partial charge >= 0.3 is 0 Å². The average Bonchev–Trinajstić information content (AvgIpc) is 2.86. The van der Waals surface area contributed by atoms with E-state index in [-0.39, 0.29) is 6.04 Å². The van der Waals surface area contributed by atoms with E-state index in [0.29, 0.717) is 0 Å². The van der Waals surface area contributed by atoms with Gasteiger partial charge < -0.3 is 9.88 Å². The quantitative estimate of drug-likeness (QED) is 0.866. The fourth-order valence-corrected chi connectivity index (χ4v) is 2.22. The molecular weight excluding hydrogens is 236 g/mol. The third-order valence-electron chi connectivity index (χ3n) is 3.15. The van der Waals surface area contributed by atoms with Crippen molar-refractivity contribution in [3.05, 3.63) is 47.8 Å². The van der Waals surface area contributed by atoms with Gasteiger partial charge in [-0.3, -0.25) is 4.98 Å². The minimum atomic E-state index is 0.111. The van der Waals surface area contributed by atoms with Crippen LogP contribution < -0.4 is 5.32 Å². The fraction of sp³-hybridized carbons (Fsp3) is 0.467. The molecule has 0 bridgehead atoms. The number of imidazole rings is 1. The van der Waals surface area contributed by atoms with Crippen LogP contribution in [0.3, 0.4) is 0 Å². The number of rotatable bonds is 6. The molecule has 0 aromatic carbocycles. The number of aryl methyl sites for hydroxylation is 2. The van der Waals surface area contributed by atoms with Crippen LogP contribution in [-0.2, 0) is 6.54 Å². The molecule has 4 nitrogen and oxygen atoms in total. The van der Waals surface area contributed by atoms with E-state index < -0.39 is 0 Å². The lowest BCUT2D eigenvalue weighted by Crippen LogP contribution is -2.25. The first-order valence-corrected chi connectivity index (χ1v) is 6.93. The van der Waals surface area contributed by atoms with Crippen molar-refractivity contribution in [3.8, 4) is 0 Å². The summed E-state index contributed by atoms with van der Waals surface area (Å²) in [4.78, 5) is 8.92. The molecule has 1 N–H and O–H groups in total. The SMILES string of the molecule is CCCn1ccnc1C(NCC)c1ccc(C)nc1. The summed E-state index contributed by atoms with van der Waals surface area (Å²) < 4.78 is 2.22. The molecule has 2 aromatic heterocycles. The highest BCUT2D eigenvalue weighted by Gasteiger charge is 2.18. The molecule has 0 saturated heterocycles. The molecule has 2 heterocycles. The lowest BCUT2D eigenvalue weighted by molar-refractivity contribution is 0.543. The molecule has 2 aromatic rings. The van der Waals surface area contributed by atoms with Gasteiger partial charge in [-0.15, -0.1) is 0 Å². The zero-order valence-electron chi connectivity index (χ0n) is 11.9.